The smallest absolute Gasteiger partial charge is 0.281 e. The second-order valence-corrected chi connectivity index (χ2v) is 7.21. The molecule has 1 N–H and O–H groups in total. The zero-order chi connectivity index (χ0) is 10.1. The third-order valence-corrected chi connectivity index (χ3v) is 2.25. The summed E-state index contributed by atoms with van der Waals surface area (Å²) in [6, 6.07) is 1.32. The van der Waals surface area contributed by atoms with Gasteiger partial charge in [0.15, 0.2) is 0 Å². The van der Waals surface area contributed by atoms with Gasteiger partial charge in [-0.1, -0.05) is 23.2 Å². The third-order valence-electron chi connectivity index (χ3n) is 0.894. The van der Waals surface area contributed by atoms with Gasteiger partial charge in [-0.2, -0.15) is 0 Å². The summed E-state index contributed by atoms with van der Waals surface area (Å²) in [5, 5.41) is 2.36. The fourth-order valence-corrected chi connectivity index (χ4v) is 1.77. The summed E-state index contributed by atoms with van der Waals surface area (Å²) >= 11 is 21.5. The van der Waals surface area contributed by atoms with E-state index in [0.717, 1.165) is 0 Å². The molecule has 0 radical (unpaired) electrons. The Labute approximate surface area is 93.6 Å². The van der Waals surface area contributed by atoms with Crippen LogP contribution in [0.5, 0.6) is 0 Å². The zero-order valence-corrected chi connectivity index (χ0v) is 9.76. The van der Waals surface area contributed by atoms with E-state index in [1.165, 1.54) is 6.07 Å². The Morgan fingerprint density at radius 1 is 1.23 bits per heavy atom. The van der Waals surface area contributed by atoms with E-state index in [1.54, 1.807) is 0 Å². The average Bonchev–Trinajstić information content (AvgIpc) is 1.78. The fourth-order valence-electron chi connectivity index (χ4n) is 0.557. The highest BCUT2D eigenvalue weighted by Gasteiger charge is 2.15. The summed E-state index contributed by atoms with van der Waals surface area (Å²) in [6.45, 7) is 0. The van der Waals surface area contributed by atoms with Gasteiger partial charge in [0.2, 0.25) is 5.95 Å². The van der Waals surface area contributed by atoms with Crippen molar-refractivity contribution < 1.29 is 4.57 Å². The second-order valence-electron chi connectivity index (χ2n) is 1.91. The van der Waals surface area contributed by atoms with Crippen LogP contribution >= 0.6 is 51.7 Å². The van der Waals surface area contributed by atoms with E-state index in [9.17, 15) is 4.57 Å². The first kappa shape index (κ1) is 11.3. The Balaban J connectivity index is 2.96. The van der Waals surface area contributed by atoms with Crippen LogP contribution in [0.4, 0.5) is 5.95 Å². The molecule has 0 spiro atoms. The molecule has 1 rings (SSSR count). The molecule has 0 aliphatic carbocycles. The Kier molecular flexibility index (Phi) is 3.66. The highest BCUT2D eigenvalue weighted by atomic mass is 35.9. The van der Waals surface area contributed by atoms with Crippen LogP contribution in [0.15, 0.2) is 6.07 Å². The van der Waals surface area contributed by atoms with E-state index >= 15 is 0 Å². The first-order chi connectivity index (χ1) is 5.87. The van der Waals surface area contributed by atoms with Gasteiger partial charge in [-0.25, -0.2) is 9.97 Å². The number of hydrogen-bond donors (Lipinski definition) is 1. The van der Waals surface area contributed by atoms with Crippen LogP contribution in [0, 0.1) is 0 Å². The molecule has 0 aliphatic heterocycles. The van der Waals surface area contributed by atoms with Crippen LogP contribution in [-0.4, -0.2) is 9.97 Å². The number of nitrogens with zero attached hydrogens (tertiary/aromatic N) is 2. The highest BCUT2D eigenvalue weighted by molar-refractivity contribution is 8.09. The SMILES string of the molecule is O=P(Cl)(Cl)Nc1nc(Cl)cc(Cl)n1. The number of halogens is 4. The fraction of sp³-hybridized carbons (Fsp3) is 0. The molecular formula is C4H2Cl4N3OP. The van der Waals surface area contributed by atoms with Crippen molar-refractivity contribution in [2.75, 3.05) is 5.09 Å². The Morgan fingerprint density at radius 2 is 1.69 bits per heavy atom. The van der Waals surface area contributed by atoms with Crippen LogP contribution in [0.1, 0.15) is 0 Å². The highest BCUT2D eigenvalue weighted by Crippen LogP contribution is 2.55. The van der Waals surface area contributed by atoms with Crippen LogP contribution in [-0.2, 0) is 4.57 Å². The topological polar surface area (TPSA) is 54.9 Å². The summed E-state index contributed by atoms with van der Waals surface area (Å²) in [5.74, 6) is -3.55. The van der Waals surface area contributed by atoms with Crippen LogP contribution in [0.2, 0.25) is 10.3 Å². The third kappa shape index (κ3) is 4.34. The summed E-state index contributed by atoms with van der Waals surface area (Å²) in [7, 11) is 0. The van der Waals surface area contributed by atoms with Crippen molar-refractivity contribution in [1.29, 1.82) is 0 Å². The van der Waals surface area contributed by atoms with Gasteiger partial charge >= 0.3 is 6.00 Å². The van der Waals surface area contributed by atoms with Crippen LogP contribution in [0.25, 0.3) is 0 Å². The first-order valence-corrected chi connectivity index (χ1v) is 7.12. The zero-order valence-electron chi connectivity index (χ0n) is 5.84. The van der Waals surface area contributed by atoms with Crippen LogP contribution < -0.4 is 5.09 Å². The molecule has 9 heteroatoms. The molecule has 0 aliphatic rings. The van der Waals surface area contributed by atoms with Crippen molar-refractivity contribution >= 4 is 57.6 Å². The van der Waals surface area contributed by atoms with E-state index in [2.05, 4.69) is 15.1 Å². The summed E-state index contributed by atoms with van der Waals surface area (Å²) in [5.41, 5.74) is 0. The lowest BCUT2D eigenvalue weighted by atomic mass is 10.7. The lowest BCUT2D eigenvalue weighted by Crippen LogP contribution is -1.95. The van der Waals surface area contributed by atoms with Crippen LogP contribution in [0.3, 0.4) is 0 Å². The molecule has 0 aromatic carbocycles. The molecule has 0 unspecified atom stereocenters. The Morgan fingerprint density at radius 3 is 2.08 bits per heavy atom. The molecule has 4 nitrogen and oxygen atoms in total. The maximum absolute atomic E-state index is 10.9. The number of aromatic nitrogens is 2. The van der Waals surface area contributed by atoms with Crippen molar-refractivity contribution in [1.82, 2.24) is 9.97 Å². The van der Waals surface area contributed by atoms with Crippen molar-refractivity contribution in [3.8, 4) is 0 Å². The van der Waals surface area contributed by atoms with Gasteiger partial charge in [0.25, 0.3) is 0 Å². The largest absolute Gasteiger partial charge is 0.345 e. The van der Waals surface area contributed by atoms with E-state index in [4.69, 9.17) is 45.7 Å². The summed E-state index contributed by atoms with van der Waals surface area (Å²) < 4.78 is 10.9. The number of nitrogens with one attached hydrogen (secondary N) is 1. The van der Waals surface area contributed by atoms with Crippen molar-refractivity contribution in [2.24, 2.45) is 0 Å². The molecule has 0 fully saturated rings. The molecular weight excluding hydrogens is 279 g/mol. The molecule has 1 aromatic rings. The number of anilines is 1. The van der Waals surface area contributed by atoms with Gasteiger partial charge in [-0.3, -0.25) is 9.65 Å². The lowest BCUT2D eigenvalue weighted by molar-refractivity contribution is 0.595. The van der Waals surface area contributed by atoms with Gasteiger partial charge in [0, 0.05) is 6.07 Å². The number of hydrogen-bond acceptors (Lipinski definition) is 3. The van der Waals surface area contributed by atoms with Crippen molar-refractivity contribution in [3.05, 3.63) is 16.4 Å². The maximum Gasteiger partial charge on any atom is 0.345 e. The van der Waals surface area contributed by atoms with Gasteiger partial charge in [0.05, 0.1) is 0 Å². The van der Waals surface area contributed by atoms with Gasteiger partial charge in [-0.15, -0.1) is 0 Å². The second kappa shape index (κ2) is 4.20. The van der Waals surface area contributed by atoms with Gasteiger partial charge < -0.3 is 0 Å². The van der Waals surface area contributed by atoms with Gasteiger partial charge in [0.1, 0.15) is 10.3 Å². The minimum atomic E-state index is -3.48. The molecule has 0 bridgehead atoms. The Bertz CT molecular complexity index is 346. The van der Waals surface area contributed by atoms with Gasteiger partial charge in [-0.05, 0) is 22.5 Å². The normalized spacial score (nSPS) is 11.4. The minimum absolute atomic E-state index is 0.0779. The predicted molar refractivity (Wildman–Crippen MR) is 55.0 cm³/mol. The molecule has 0 amide bonds. The monoisotopic (exact) mass is 279 g/mol. The van der Waals surface area contributed by atoms with Crippen molar-refractivity contribution in [2.45, 2.75) is 0 Å². The first-order valence-electron chi connectivity index (χ1n) is 2.84. The van der Waals surface area contributed by atoms with E-state index < -0.39 is 6.00 Å². The molecule has 72 valence electrons. The lowest BCUT2D eigenvalue weighted by Gasteiger charge is -2.04. The molecule has 0 saturated carbocycles. The maximum atomic E-state index is 10.9. The standard InChI is InChI=1S/C4H2Cl4N3OP/c5-2-1-3(6)10-4(9-2)11-13(7,8)12/h1H,(H,9,10,11,12). The van der Waals surface area contributed by atoms with E-state index in [0.29, 0.717) is 0 Å². The molecule has 13 heavy (non-hydrogen) atoms. The van der Waals surface area contributed by atoms with E-state index in [-0.39, 0.29) is 16.3 Å². The average molecular weight is 281 g/mol. The summed E-state index contributed by atoms with van der Waals surface area (Å²) in [4.78, 5) is 7.27. The molecule has 1 aromatic heterocycles. The van der Waals surface area contributed by atoms with E-state index in [1.807, 2.05) is 0 Å². The Hall–Kier alpha value is 0.270. The summed E-state index contributed by atoms with van der Waals surface area (Å²) in [6.07, 6.45) is 0. The molecule has 0 saturated heterocycles. The van der Waals surface area contributed by atoms with Crippen molar-refractivity contribution in [3.63, 3.8) is 0 Å². The molecule has 0 atom stereocenters. The minimum Gasteiger partial charge on any atom is -0.281 e. The quantitative estimate of drug-likeness (QED) is 0.662. The number of rotatable bonds is 2. The molecule has 1 heterocycles. The predicted octanol–water partition coefficient (Wildman–Crippen LogP) is 3.78.